The van der Waals surface area contributed by atoms with Crippen molar-refractivity contribution >= 4 is 11.7 Å². The highest BCUT2D eigenvalue weighted by molar-refractivity contribution is 5.80. The standard InChI is InChI=1S/C25H31F3N4O3/c1-34-21-8-7-18(15-22(21)35-2)16-30-11-13-31(14-12-30)24(33)19-5-4-10-32(17-19)23-20(25(26,27)28)6-3-9-29-23/h3,6-9,15,19H,4-5,10-14,16-17H2,1-2H3. The molecule has 0 radical (unpaired) electrons. The van der Waals surface area contributed by atoms with Gasteiger partial charge in [0.25, 0.3) is 0 Å². The van der Waals surface area contributed by atoms with E-state index in [2.05, 4.69) is 9.88 Å². The molecule has 7 nitrogen and oxygen atoms in total. The Hall–Kier alpha value is -3.01. The molecule has 0 spiro atoms. The second kappa shape index (κ2) is 10.7. The van der Waals surface area contributed by atoms with Crippen molar-refractivity contribution in [3.63, 3.8) is 0 Å². The summed E-state index contributed by atoms with van der Waals surface area (Å²) in [6.07, 6.45) is -1.78. The molecule has 0 bridgehead atoms. The molecule has 1 amide bonds. The Morgan fingerprint density at radius 2 is 1.80 bits per heavy atom. The Morgan fingerprint density at radius 1 is 1.06 bits per heavy atom. The molecule has 10 heteroatoms. The molecule has 2 aliphatic rings. The fourth-order valence-electron chi connectivity index (χ4n) is 4.86. The molecular formula is C25H31F3N4O3. The van der Waals surface area contributed by atoms with Crippen molar-refractivity contribution in [3.05, 3.63) is 47.7 Å². The number of nitrogens with zero attached hydrogens (tertiary/aromatic N) is 4. The number of hydrogen-bond acceptors (Lipinski definition) is 6. The second-order valence-electron chi connectivity index (χ2n) is 8.95. The van der Waals surface area contributed by atoms with Crippen molar-refractivity contribution in [1.82, 2.24) is 14.8 Å². The molecular weight excluding hydrogens is 461 g/mol. The minimum absolute atomic E-state index is 0.0185. The Morgan fingerprint density at radius 3 is 2.49 bits per heavy atom. The molecule has 0 saturated carbocycles. The summed E-state index contributed by atoms with van der Waals surface area (Å²) in [5, 5.41) is 0. The van der Waals surface area contributed by atoms with E-state index in [4.69, 9.17) is 9.47 Å². The van der Waals surface area contributed by atoms with Gasteiger partial charge in [0.15, 0.2) is 11.5 Å². The Bertz CT molecular complexity index is 1030. The van der Waals surface area contributed by atoms with Crippen LogP contribution in [0.3, 0.4) is 0 Å². The number of hydrogen-bond donors (Lipinski definition) is 0. The van der Waals surface area contributed by atoms with Gasteiger partial charge in [0, 0.05) is 52.0 Å². The van der Waals surface area contributed by atoms with Crippen molar-refractivity contribution in [2.45, 2.75) is 25.6 Å². The van der Waals surface area contributed by atoms with Crippen molar-refractivity contribution in [3.8, 4) is 11.5 Å². The van der Waals surface area contributed by atoms with Crippen molar-refractivity contribution in [2.24, 2.45) is 5.92 Å². The highest BCUT2D eigenvalue weighted by Crippen LogP contribution is 2.36. The van der Waals surface area contributed by atoms with Crippen LogP contribution in [0, 0.1) is 5.92 Å². The third-order valence-electron chi connectivity index (χ3n) is 6.70. The van der Waals surface area contributed by atoms with Crippen LogP contribution in [0.2, 0.25) is 0 Å². The van der Waals surface area contributed by atoms with Crippen LogP contribution in [-0.2, 0) is 17.5 Å². The molecule has 4 rings (SSSR count). The van der Waals surface area contributed by atoms with E-state index >= 15 is 0 Å². The van der Waals surface area contributed by atoms with Gasteiger partial charge in [0.05, 0.1) is 25.7 Å². The number of ether oxygens (including phenoxy) is 2. The molecule has 1 aromatic carbocycles. The summed E-state index contributed by atoms with van der Waals surface area (Å²) in [6, 6.07) is 8.18. The highest BCUT2D eigenvalue weighted by atomic mass is 19.4. The molecule has 3 heterocycles. The zero-order chi connectivity index (χ0) is 25.0. The number of piperazine rings is 1. The number of rotatable bonds is 6. The van der Waals surface area contributed by atoms with E-state index < -0.39 is 11.7 Å². The van der Waals surface area contributed by atoms with E-state index in [-0.39, 0.29) is 24.2 Å². The molecule has 2 aliphatic heterocycles. The number of piperidine rings is 1. The van der Waals surface area contributed by atoms with Gasteiger partial charge >= 0.3 is 6.18 Å². The normalized spacial score (nSPS) is 19.5. The zero-order valence-electron chi connectivity index (χ0n) is 20.1. The van der Waals surface area contributed by atoms with Crippen LogP contribution < -0.4 is 14.4 Å². The monoisotopic (exact) mass is 492 g/mol. The van der Waals surface area contributed by atoms with Gasteiger partial charge in [-0.15, -0.1) is 0 Å². The smallest absolute Gasteiger partial charge is 0.419 e. The third-order valence-corrected chi connectivity index (χ3v) is 6.70. The van der Waals surface area contributed by atoms with Gasteiger partial charge in [-0.1, -0.05) is 6.07 Å². The fourth-order valence-corrected chi connectivity index (χ4v) is 4.86. The van der Waals surface area contributed by atoms with E-state index in [1.165, 1.54) is 12.3 Å². The van der Waals surface area contributed by atoms with Crippen LogP contribution >= 0.6 is 0 Å². The minimum atomic E-state index is -4.48. The Balaban J connectivity index is 1.34. The number of carbonyl (C=O) groups excluding carboxylic acids is 1. The number of carbonyl (C=O) groups is 1. The number of alkyl halides is 3. The summed E-state index contributed by atoms with van der Waals surface area (Å²) in [5.74, 6) is 0.968. The third kappa shape index (κ3) is 5.80. The van der Waals surface area contributed by atoms with Gasteiger partial charge in [-0.25, -0.2) is 4.98 Å². The van der Waals surface area contributed by atoms with Crippen molar-refractivity contribution in [1.29, 1.82) is 0 Å². The van der Waals surface area contributed by atoms with E-state index in [9.17, 15) is 18.0 Å². The lowest BCUT2D eigenvalue weighted by Crippen LogP contribution is -2.52. The maximum atomic E-state index is 13.5. The molecule has 2 fully saturated rings. The van der Waals surface area contributed by atoms with E-state index in [0.717, 1.165) is 31.3 Å². The topological polar surface area (TPSA) is 58.1 Å². The lowest BCUT2D eigenvalue weighted by molar-refractivity contribution is -0.137. The molecule has 0 aliphatic carbocycles. The molecule has 1 atom stereocenters. The molecule has 190 valence electrons. The Kier molecular flexibility index (Phi) is 7.69. The number of methoxy groups -OCH3 is 2. The van der Waals surface area contributed by atoms with Gasteiger partial charge in [0.1, 0.15) is 5.82 Å². The Labute approximate surface area is 203 Å². The average molecular weight is 493 g/mol. The fraction of sp³-hybridized carbons (Fsp3) is 0.520. The van der Waals surface area contributed by atoms with Gasteiger partial charge < -0.3 is 19.3 Å². The number of halogens is 3. The molecule has 1 unspecified atom stereocenters. The molecule has 0 N–H and O–H groups in total. The lowest BCUT2D eigenvalue weighted by Gasteiger charge is -2.39. The summed E-state index contributed by atoms with van der Waals surface area (Å²) < 4.78 is 51.1. The van der Waals surface area contributed by atoms with Crippen LogP contribution in [0.1, 0.15) is 24.0 Å². The SMILES string of the molecule is COc1ccc(CN2CCN(C(=O)C3CCCN(c4ncccc4C(F)(F)F)C3)CC2)cc1OC. The van der Waals surface area contributed by atoms with Crippen LogP contribution in [0.25, 0.3) is 0 Å². The van der Waals surface area contributed by atoms with Gasteiger partial charge in [-0.05, 0) is 42.7 Å². The highest BCUT2D eigenvalue weighted by Gasteiger charge is 2.38. The summed E-state index contributed by atoms with van der Waals surface area (Å²) in [4.78, 5) is 23.0. The number of pyridine rings is 1. The largest absolute Gasteiger partial charge is 0.493 e. The molecule has 2 saturated heterocycles. The maximum Gasteiger partial charge on any atom is 0.419 e. The van der Waals surface area contributed by atoms with Gasteiger partial charge in [0.2, 0.25) is 5.91 Å². The summed E-state index contributed by atoms with van der Waals surface area (Å²) >= 11 is 0. The average Bonchev–Trinajstić information content (AvgIpc) is 2.88. The first kappa shape index (κ1) is 25.1. The first-order chi connectivity index (χ1) is 16.8. The van der Waals surface area contributed by atoms with E-state index in [0.29, 0.717) is 44.0 Å². The van der Waals surface area contributed by atoms with E-state index in [1.54, 1.807) is 19.1 Å². The minimum Gasteiger partial charge on any atom is -0.493 e. The van der Waals surface area contributed by atoms with Crippen LogP contribution in [0.15, 0.2) is 36.5 Å². The van der Waals surface area contributed by atoms with Crippen molar-refractivity contribution < 1.29 is 27.4 Å². The zero-order valence-corrected chi connectivity index (χ0v) is 20.1. The van der Waals surface area contributed by atoms with Gasteiger partial charge in [-0.3, -0.25) is 9.69 Å². The number of anilines is 1. The van der Waals surface area contributed by atoms with Crippen molar-refractivity contribution in [2.75, 3.05) is 58.4 Å². The second-order valence-corrected chi connectivity index (χ2v) is 8.95. The van der Waals surface area contributed by atoms with Crippen LogP contribution in [-0.4, -0.2) is 74.2 Å². The number of amides is 1. The summed E-state index contributed by atoms with van der Waals surface area (Å²) in [7, 11) is 3.21. The van der Waals surface area contributed by atoms with Crippen LogP contribution in [0.4, 0.5) is 19.0 Å². The summed E-state index contributed by atoms with van der Waals surface area (Å²) in [6.45, 7) is 4.11. The quantitative estimate of drug-likeness (QED) is 0.613. The predicted molar refractivity (Wildman–Crippen MR) is 126 cm³/mol. The summed E-state index contributed by atoms with van der Waals surface area (Å²) in [5.41, 5.74) is 0.345. The molecule has 1 aromatic heterocycles. The molecule has 2 aromatic rings. The predicted octanol–water partition coefficient (Wildman–Crippen LogP) is 3.68. The number of aromatic nitrogens is 1. The lowest BCUT2D eigenvalue weighted by atomic mass is 9.95. The maximum absolute atomic E-state index is 13.5. The molecule has 35 heavy (non-hydrogen) atoms. The van der Waals surface area contributed by atoms with Crippen LogP contribution in [0.5, 0.6) is 11.5 Å². The van der Waals surface area contributed by atoms with E-state index in [1.807, 2.05) is 23.1 Å². The number of benzene rings is 1. The first-order valence-electron chi connectivity index (χ1n) is 11.8. The van der Waals surface area contributed by atoms with Gasteiger partial charge in [-0.2, -0.15) is 13.2 Å². The first-order valence-corrected chi connectivity index (χ1v) is 11.8.